The average Bonchev–Trinajstić information content (AvgIpc) is 2.65. The van der Waals surface area contributed by atoms with E-state index in [9.17, 15) is 27.6 Å². The van der Waals surface area contributed by atoms with Gasteiger partial charge in [-0.2, -0.15) is 13.2 Å². The van der Waals surface area contributed by atoms with Gasteiger partial charge in [0.25, 0.3) is 0 Å². The van der Waals surface area contributed by atoms with Crippen molar-refractivity contribution in [3.05, 3.63) is 65.2 Å². The van der Waals surface area contributed by atoms with Gasteiger partial charge in [0, 0.05) is 16.7 Å². The highest BCUT2D eigenvalue weighted by atomic mass is 19.4. The topological polar surface area (TPSA) is 72.5 Å². The average molecular weight is 407 g/mol. The standard InChI is InChI=1S/C21H20F3NO4/c1-20(2,3)19(28)25-16-10-6-13(7-11-16)17(26)12-29-18(27)14-4-8-15(9-5-14)21(22,23)24/h4-11H,12H2,1-3H3,(H,25,28). The minimum Gasteiger partial charge on any atom is -0.454 e. The molecule has 8 heteroatoms. The number of carbonyl (C=O) groups is 3. The van der Waals surface area contributed by atoms with Gasteiger partial charge in [-0.05, 0) is 48.5 Å². The third-order valence-electron chi connectivity index (χ3n) is 3.93. The number of nitrogens with one attached hydrogen (secondary N) is 1. The van der Waals surface area contributed by atoms with Crippen LogP contribution in [0.25, 0.3) is 0 Å². The van der Waals surface area contributed by atoms with Crippen LogP contribution in [-0.4, -0.2) is 24.3 Å². The maximum atomic E-state index is 12.5. The van der Waals surface area contributed by atoms with Crippen LogP contribution in [0.15, 0.2) is 48.5 Å². The first kappa shape index (κ1) is 22.1. The van der Waals surface area contributed by atoms with Crippen LogP contribution in [0, 0.1) is 5.41 Å². The fraction of sp³-hybridized carbons (Fsp3) is 0.286. The third-order valence-corrected chi connectivity index (χ3v) is 3.93. The van der Waals surface area contributed by atoms with Gasteiger partial charge < -0.3 is 10.1 Å². The molecule has 0 radical (unpaired) electrons. The molecule has 2 rings (SSSR count). The van der Waals surface area contributed by atoms with Crippen molar-refractivity contribution in [2.45, 2.75) is 26.9 Å². The lowest BCUT2D eigenvalue weighted by Crippen LogP contribution is -2.27. The second kappa shape index (κ2) is 8.46. The Morgan fingerprint density at radius 2 is 1.38 bits per heavy atom. The van der Waals surface area contributed by atoms with Crippen molar-refractivity contribution in [2.24, 2.45) is 5.41 Å². The number of hydrogen-bond acceptors (Lipinski definition) is 4. The first-order valence-corrected chi connectivity index (χ1v) is 8.67. The Bertz CT molecular complexity index is 896. The Balaban J connectivity index is 1.93. The number of ether oxygens (including phenoxy) is 1. The molecule has 0 atom stereocenters. The summed E-state index contributed by atoms with van der Waals surface area (Å²) in [5.41, 5.74) is -0.766. The monoisotopic (exact) mass is 407 g/mol. The van der Waals surface area contributed by atoms with Gasteiger partial charge in [0.2, 0.25) is 5.91 Å². The van der Waals surface area contributed by atoms with E-state index in [1.807, 2.05) is 0 Å². The van der Waals surface area contributed by atoms with Crippen molar-refractivity contribution in [2.75, 3.05) is 11.9 Å². The van der Waals surface area contributed by atoms with E-state index in [2.05, 4.69) is 5.32 Å². The minimum atomic E-state index is -4.50. The van der Waals surface area contributed by atoms with Crippen LogP contribution in [0.2, 0.25) is 0 Å². The molecule has 0 aliphatic carbocycles. The largest absolute Gasteiger partial charge is 0.454 e. The lowest BCUT2D eigenvalue weighted by molar-refractivity contribution is -0.137. The SMILES string of the molecule is CC(C)(C)C(=O)Nc1ccc(C(=O)COC(=O)c2ccc(C(F)(F)F)cc2)cc1. The molecule has 5 nitrogen and oxygen atoms in total. The van der Waals surface area contributed by atoms with E-state index in [1.165, 1.54) is 12.1 Å². The van der Waals surface area contributed by atoms with Crippen molar-refractivity contribution in [1.29, 1.82) is 0 Å². The second-order valence-corrected chi connectivity index (χ2v) is 7.36. The summed E-state index contributed by atoms with van der Waals surface area (Å²) in [5.74, 6) is -1.57. The van der Waals surface area contributed by atoms with Crippen molar-refractivity contribution < 1.29 is 32.3 Å². The smallest absolute Gasteiger partial charge is 0.416 e. The van der Waals surface area contributed by atoms with Crippen LogP contribution in [0.4, 0.5) is 18.9 Å². The molecule has 0 heterocycles. The lowest BCUT2D eigenvalue weighted by Gasteiger charge is -2.17. The number of benzene rings is 2. The molecule has 29 heavy (non-hydrogen) atoms. The number of amides is 1. The van der Waals surface area contributed by atoms with Gasteiger partial charge in [-0.1, -0.05) is 20.8 Å². The van der Waals surface area contributed by atoms with Crippen molar-refractivity contribution in [3.8, 4) is 0 Å². The molecule has 0 aromatic heterocycles. The van der Waals surface area contributed by atoms with Crippen molar-refractivity contribution in [1.82, 2.24) is 0 Å². The molecule has 2 aromatic rings. The molecule has 1 N–H and O–H groups in total. The number of ketones is 1. The van der Waals surface area contributed by atoms with Gasteiger partial charge in [0.1, 0.15) is 0 Å². The molecule has 154 valence electrons. The maximum Gasteiger partial charge on any atom is 0.416 e. The third kappa shape index (κ3) is 6.17. The van der Waals surface area contributed by atoms with E-state index in [0.717, 1.165) is 24.3 Å². The summed E-state index contributed by atoms with van der Waals surface area (Å²) in [7, 11) is 0. The zero-order valence-corrected chi connectivity index (χ0v) is 16.1. The molecule has 0 fully saturated rings. The summed E-state index contributed by atoms with van der Waals surface area (Å²) >= 11 is 0. The molecular formula is C21H20F3NO4. The van der Waals surface area contributed by atoms with E-state index in [0.29, 0.717) is 5.69 Å². The predicted octanol–water partition coefficient (Wildman–Crippen LogP) is 4.73. The van der Waals surface area contributed by atoms with Gasteiger partial charge in [-0.3, -0.25) is 9.59 Å². The number of hydrogen-bond donors (Lipinski definition) is 1. The summed E-state index contributed by atoms with van der Waals surface area (Å²) in [6, 6.07) is 9.57. The number of rotatable bonds is 5. The van der Waals surface area contributed by atoms with Gasteiger partial charge in [0.05, 0.1) is 11.1 Å². The van der Waals surface area contributed by atoms with Crippen molar-refractivity contribution in [3.63, 3.8) is 0 Å². The number of halogens is 3. The Morgan fingerprint density at radius 3 is 1.86 bits per heavy atom. The quantitative estimate of drug-likeness (QED) is 0.575. The minimum absolute atomic E-state index is 0.0916. The van der Waals surface area contributed by atoms with Crippen LogP contribution >= 0.6 is 0 Å². The summed E-state index contributed by atoms with van der Waals surface area (Å²) in [6.07, 6.45) is -4.50. The van der Waals surface area contributed by atoms with Gasteiger partial charge in [-0.25, -0.2) is 4.79 Å². The number of esters is 1. The normalized spacial score (nSPS) is 11.7. The number of carbonyl (C=O) groups excluding carboxylic acids is 3. The predicted molar refractivity (Wildman–Crippen MR) is 101 cm³/mol. The van der Waals surface area contributed by atoms with E-state index >= 15 is 0 Å². The second-order valence-electron chi connectivity index (χ2n) is 7.36. The number of anilines is 1. The van der Waals surface area contributed by atoms with Gasteiger partial charge in [-0.15, -0.1) is 0 Å². The van der Waals surface area contributed by atoms with E-state index in [4.69, 9.17) is 4.74 Å². The molecule has 0 aliphatic heterocycles. The zero-order chi connectivity index (χ0) is 21.8. The zero-order valence-electron chi connectivity index (χ0n) is 16.1. The van der Waals surface area contributed by atoms with Crippen LogP contribution < -0.4 is 5.32 Å². The molecule has 1 amide bonds. The fourth-order valence-electron chi connectivity index (χ4n) is 2.15. The summed E-state index contributed by atoms with van der Waals surface area (Å²) < 4.78 is 42.5. The van der Waals surface area contributed by atoms with Gasteiger partial charge >= 0.3 is 12.1 Å². The summed E-state index contributed by atoms with van der Waals surface area (Å²) in [6.45, 7) is 4.75. The summed E-state index contributed by atoms with van der Waals surface area (Å²) in [5, 5.41) is 2.72. The molecule has 0 spiro atoms. The maximum absolute atomic E-state index is 12.5. The van der Waals surface area contributed by atoms with E-state index in [1.54, 1.807) is 32.9 Å². The van der Waals surface area contributed by atoms with E-state index < -0.39 is 35.5 Å². The molecule has 0 aliphatic rings. The Morgan fingerprint density at radius 1 is 0.862 bits per heavy atom. The molecule has 0 bridgehead atoms. The van der Waals surface area contributed by atoms with E-state index in [-0.39, 0.29) is 17.0 Å². The first-order chi connectivity index (χ1) is 13.4. The molecule has 2 aromatic carbocycles. The molecule has 0 unspecified atom stereocenters. The number of alkyl halides is 3. The number of Topliss-reactive ketones (excluding diaryl/α,β-unsaturated/α-hetero) is 1. The Hall–Kier alpha value is -3.16. The van der Waals surface area contributed by atoms with Gasteiger partial charge in [0.15, 0.2) is 12.4 Å². The highest BCUT2D eigenvalue weighted by molar-refractivity contribution is 6.00. The molecule has 0 saturated carbocycles. The summed E-state index contributed by atoms with van der Waals surface area (Å²) in [4.78, 5) is 36.0. The van der Waals surface area contributed by atoms with Crippen LogP contribution in [-0.2, 0) is 15.7 Å². The molecule has 0 saturated heterocycles. The van der Waals surface area contributed by atoms with Crippen LogP contribution in [0.3, 0.4) is 0 Å². The highest BCUT2D eigenvalue weighted by Gasteiger charge is 2.30. The molecular weight excluding hydrogens is 387 g/mol. The highest BCUT2D eigenvalue weighted by Crippen LogP contribution is 2.29. The van der Waals surface area contributed by atoms with Crippen LogP contribution in [0.5, 0.6) is 0 Å². The lowest BCUT2D eigenvalue weighted by atomic mass is 9.95. The Kier molecular flexibility index (Phi) is 6.46. The Labute approximate surface area is 165 Å². The van der Waals surface area contributed by atoms with Crippen molar-refractivity contribution >= 4 is 23.3 Å². The first-order valence-electron chi connectivity index (χ1n) is 8.67. The van der Waals surface area contributed by atoms with Crippen LogP contribution in [0.1, 0.15) is 47.1 Å². The fourth-order valence-corrected chi connectivity index (χ4v) is 2.15.